The maximum absolute atomic E-state index is 14.2. The van der Waals surface area contributed by atoms with Gasteiger partial charge in [0, 0.05) is 18.3 Å². The van der Waals surface area contributed by atoms with Crippen LogP contribution in [-0.2, 0) is 0 Å². The fourth-order valence-electron chi connectivity index (χ4n) is 3.41. The molecule has 2 aromatic heterocycles. The Kier molecular flexibility index (Phi) is 3.18. The monoisotopic (exact) mass is 314 g/mol. The van der Waals surface area contributed by atoms with E-state index < -0.39 is 5.82 Å². The van der Waals surface area contributed by atoms with Crippen molar-refractivity contribution in [3.05, 3.63) is 59.9 Å². The number of rotatable bonds is 2. The molecule has 0 spiro atoms. The average molecular weight is 314 g/mol. The summed E-state index contributed by atoms with van der Waals surface area (Å²) < 4.78 is 29.7. The molecule has 0 radical (unpaired) electrons. The lowest BCUT2D eigenvalue weighted by Crippen LogP contribution is -2.26. The first-order chi connectivity index (χ1) is 11.1. The van der Waals surface area contributed by atoms with Gasteiger partial charge in [-0.2, -0.15) is 0 Å². The van der Waals surface area contributed by atoms with Gasteiger partial charge in [0.2, 0.25) is 0 Å². The van der Waals surface area contributed by atoms with Crippen LogP contribution in [0.5, 0.6) is 0 Å². The third kappa shape index (κ3) is 2.21. The number of halogens is 2. The molecule has 0 aliphatic carbocycles. The number of nitrogens with zero attached hydrogens (tertiary/aromatic N) is 3. The number of nitrogen functional groups attached to an aromatic ring is 1. The van der Waals surface area contributed by atoms with Gasteiger partial charge >= 0.3 is 0 Å². The van der Waals surface area contributed by atoms with Crippen LogP contribution in [0.1, 0.15) is 24.4 Å². The third-order valence-electron chi connectivity index (χ3n) is 4.39. The van der Waals surface area contributed by atoms with Gasteiger partial charge in [-0.15, -0.1) is 0 Å². The van der Waals surface area contributed by atoms with E-state index in [1.54, 1.807) is 6.20 Å². The Labute approximate surface area is 132 Å². The van der Waals surface area contributed by atoms with Gasteiger partial charge in [0.15, 0.2) is 0 Å². The summed E-state index contributed by atoms with van der Waals surface area (Å²) in [6.45, 7) is 0.738. The van der Waals surface area contributed by atoms with E-state index in [9.17, 15) is 8.78 Å². The van der Waals surface area contributed by atoms with Crippen molar-refractivity contribution in [2.24, 2.45) is 0 Å². The van der Waals surface area contributed by atoms with Crippen molar-refractivity contribution in [3.63, 3.8) is 0 Å². The Bertz CT molecular complexity index is 874. The van der Waals surface area contributed by atoms with Gasteiger partial charge in [-0.25, -0.2) is 13.8 Å². The van der Waals surface area contributed by atoms with E-state index in [0.717, 1.165) is 36.9 Å². The molecule has 3 heterocycles. The number of benzene rings is 1. The van der Waals surface area contributed by atoms with E-state index in [1.165, 1.54) is 12.1 Å². The fourth-order valence-corrected chi connectivity index (χ4v) is 3.41. The van der Waals surface area contributed by atoms with Gasteiger partial charge in [-0.3, -0.25) is 4.40 Å². The summed E-state index contributed by atoms with van der Waals surface area (Å²) in [6.07, 6.45) is 5.14. The lowest BCUT2D eigenvalue weighted by atomic mass is 10.0. The predicted octanol–water partition coefficient (Wildman–Crippen LogP) is 3.54. The SMILES string of the molecule is Nc1cnc2cccn2c1N1CCC[C@@H]1c1cc(F)ccc1F. The second kappa shape index (κ2) is 5.22. The van der Waals surface area contributed by atoms with Crippen molar-refractivity contribution in [3.8, 4) is 0 Å². The second-order valence-corrected chi connectivity index (χ2v) is 5.79. The average Bonchev–Trinajstić information content (AvgIpc) is 3.18. The summed E-state index contributed by atoms with van der Waals surface area (Å²) in [7, 11) is 0. The van der Waals surface area contributed by atoms with Crippen molar-refractivity contribution in [1.29, 1.82) is 0 Å². The van der Waals surface area contributed by atoms with E-state index >= 15 is 0 Å². The summed E-state index contributed by atoms with van der Waals surface area (Å²) >= 11 is 0. The van der Waals surface area contributed by atoms with Gasteiger partial charge in [-0.1, -0.05) is 0 Å². The van der Waals surface area contributed by atoms with Gasteiger partial charge in [0.05, 0.1) is 17.9 Å². The zero-order chi connectivity index (χ0) is 16.0. The number of nitrogens with two attached hydrogens (primary N) is 1. The molecule has 1 atom stereocenters. The Hall–Kier alpha value is -2.63. The topological polar surface area (TPSA) is 46.6 Å². The van der Waals surface area contributed by atoms with Crippen LogP contribution >= 0.6 is 0 Å². The highest BCUT2D eigenvalue weighted by Crippen LogP contribution is 2.39. The molecule has 1 saturated heterocycles. The number of fused-ring (bicyclic) bond motifs is 1. The Balaban J connectivity index is 1.85. The first-order valence-electron chi connectivity index (χ1n) is 7.58. The van der Waals surface area contributed by atoms with Crippen molar-refractivity contribution in [2.75, 3.05) is 17.2 Å². The van der Waals surface area contributed by atoms with E-state index in [0.29, 0.717) is 11.3 Å². The fraction of sp³-hybridized carbons (Fsp3) is 0.235. The van der Waals surface area contributed by atoms with Crippen LogP contribution < -0.4 is 10.6 Å². The molecule has 0 unspecified atom stereocenters. The zero-order valence-corrected chi connectivity index (χ0v) is 12.4. The van der Waals surface area contributed by atoms with Crippen LogP contribution in [0, 0.1) is 11.6 Å². The Morgan fingerprint density at radius 1 is 1.22 bits per heavy atom. The smallest absolute Gasteiger partial charge is 0.140 e. The number of hydrogen-bond donors (Lipinski definition) is 1. The lowest BCUT2D eigenvalue weighted by molar-refractivity contribution is 0.560. The van der Waals surface area contributed by atoms with E-state index in [4.69, 9.17) is 5.73 Å². The van der Waals surface area contributed by atoms with Crippen LogP contribution in [0.2, 0.25) is 0 Å². The van der Waals surface area contributed by atoms with Crippen LogP contribution in [0.15, 0.2) is 42.7 Å². The third-order valence-corrected chi connectivity index (χ3v) is 4.39. The summed E-state index contributed by atoms with van der Waals surface area (Å²) in [4.78, 5) is 6.32. The van der Waals surface area contributed by atoms with E-state index in [-0.39, 0.29) is 11.9 Å². The minimum Gasteiger partial charge on any atom is -0.395 e. The molecule has 1 fully saturated rings. The molecule has 118 valence electrons. The van der Waals surface area contributed by atoms with Crippen molar-refractivity contribution >= 4 is 17.2 Å². The second-order valence-electron chi connectivity index (χ2n) is 5.79. The number of hydrogen-bond acceptors (Lipinski definition) is 3. The molecule has 0 saturated carbocycles. The molecule has 1 aliphatic heterocycles. The van der Waals surface area contributed by atoms with Crippen LogP contribution in [0.4, 0.5) is 20.3 Å². The molecule has 1 aromatic carbocycles. The Morgan fingerprint density at radius 2 is 2.09 bits per heavy atom. The maximum Gasteiger partial charge on any atom is 0.140 e. The quantitative estimate of drug-likeness (QED) is 0.787. The van der Waals surface area contributed by atoms with Crippen molar-refractivity contribution < 1.29 is 8.78 Å². The first kappa shape index (κ1) is 14.0. The molecule has 4 rings (SSSR count). The molecule has 0 bridgehead atoms. The first-order valence-corrected chi connectivity index (χ1v) is 7.58. The van der Waals surface area contributed by atoms with Gasteiger partial charge in [-0.05, 0) is 43.2 Å². The highest BCUT2D eigenvalue weighted by molar-refractivity contribution is 5.68. The maximum atomic E-state index is 14.2. The molecular weight excluding hydrogens is 298 g/mol. The Morgan fingerprint density at radius 3 is 2.96 bits per heavy atom. The zero-order valence-electron chi connectivity index (χ0n) is 12.4. The molecule has 23 heavy (non-hydrogen) atoms. The standard InChI is InChI=1S/C17H16F2N4/c18-11-5-6-13(19)12(9-11)15-3-1-7-22(15)17-14(20)10-21-16-4-2-8-23(16)17/h2,4-6,8-10,15H,1,3,7,20H2/t15-/m1/s1. The summed E-state index contributed by atoms with van der Waals surface area (Å²) in [5, 5.41) is 0. The predicted molar refractivity (Wildman–Crippen MR) is 85.3 cm³/mol. The van der Waals surface area contributed by atoms with E-state index in [1.807, 2.05) is 27.6 Å². The normalized spacial score (nSPS) is 18.0. The molecular formula is C17H16F2N4. The molecule has 4 nitrogen and oxygen atoms in total. The van der Waals surface area contributed by atoms with Crippen molar-refractivity contribution in [2.45, 2.75) is 18.9 Å². The lowest BCUT2D eigenvalue weighted by Gasteiger charge is -2.29. The molecule has 3 aromatic rings. The summed E-state index contributed by atoms with van der Waals surface area (Å²) in [6, 6.07) is 7.14. The van der Waals surface area contributed by atoms with Crippen molar-refractivity contribution in [1.82, 2.24) is 9.38 Å². The minimum atomic E-state index is -0.429. The van der Waals surface area contributed by atoms with Gasteiger partial charge in [0.25, 0.3) is 0 Å². The number of anilines is 2. The highest BCUT2D eigenvalue weighted by Gasteiger charge is 2.31. The molecule has 6 heteroatoms. The van der Waals surface area contributed by atoms with Gasteiger partial charge < -0.3 is 10.6 Å². The van der Waals surface area contributed by atoms with Crippen LogP contribution in [0.3, 0.4) is 0 Å². The minimum absolute atomic E-state index is 0.235. The van der Waals surface area contributed by atoms with E-state index in [2.05, 4.69) is 4.98 Å². The molecule has 0 amide bonds. The highest BCUT2D eigenvalue weighted by atomic mass is 19.1. The number of aromatic nitrogens is 2. The molecule has 1 aliphatic rings. The molecule has 2 N–H and O–H groups in total. The van der Waals surface area contributed by atoms with Crippen LogP contribution in [0.25, 0.3) is 5.65 Å². The summed E-state index contributed by atoms with van der Waals surface area (Å²) in [5.41, 5.74) is 7.82. The van der Waals surface area contributed by atoms with Crippen LogP contribution in [-0.4, -0.2) is 15.9 Å². The van der Waals surface area contributed by atoms with Gasteiger partial charge in [0.1, 0.15) is 23.1 Å². The largest absolute Gasteiger partial charge is 0.395 e. The summed E-state index contributed by atoms with van der Waals surface area (Å²) in [5.74, 6) is -0.0344.